The van der Waals surface area contributed by atoms with E-state index in [1.165, 1.54) is 0 Å². The molecule has 2 fully saturated rings. The van der Waals surface area contributed by atoms with Gasteiger partial charge in [-0.1, -0.05) is 6.42 Å². The molecule has 4 nitrogen and oxygen atoms in total. The molecule has 3 aliphatic rings. The Labute approximate surface area is 170 Å². The second-order valence-corrected chi connectivity index (χ2v) is 8.78. The number of rotatable bonds is 1. The van der Waals surface area contributed by atoms with Gasteiger partial charge in [-0.2, -0.15) is 66.0 Å². The van der Waals surface area contributed by atoms with Crippen LogP contribution in [0.2, 0.25) is 0 Å². The van der Waals surface area contributed by atoms with Crippen LogP contribution in [0.25, 0.3) is 0 Å². The van der Waals surface area contributed by atoms with Crippen molar-refractivity contribution in [2.45, 2.75) is 37.4 Å². The maximum Gasteiger partial charge on any atom is 0.402 e. The fraction of sp³-hybridized carbons (Fsp3) is 0.625. The molecule has 1 aliphatic heterocycles. The van der Waals surface area contributed by atoms with Gasteiger partial charge < -0.3 is 0 Å². The monoisotopic (exact) mass is 448 g/mol. The van der Waals surface area contributed by atoms with E-state index in [9.17, 15) is 21.6 Å². The van der Waals surface area contributed by atoms with Crippen LogP contribution in [0.1, 0.15) is 24.0 Å². The molecule has 2 bridgehead atoms. The van der Waals surface area contributed by atoms with Crippen LogP contribution >= 0.6 is 0 Å². The maximum atomic E-state index is 12.8. The summed E-state index contributed by atoms with van der Waals surface area (Å²) in [5.74, 6) is 0.0479. The molecule has 1 saturated carbocycles. The first-order valence-corrected chi connectivity index (χ1v) is 9.47. The summed E-state index contributed by atoms with van der Waals surface area (Å²) in [7, 11) is -4.10. The predicted molar refractivity (Wildman–Crippen MR) is 81.3 cm³/mol. The molecule has 1 aromatic carbocycles. The molecule has 25 heavy (non-hydrogen) atoms. The summed E-state index contributed by atoms with van der Waals surface area (Å²) in [4.78, 5) is 0. The predicted octanol–water partition coefficient (Wildman–Crippen LogP) is 2.06. The Bertz CT molecular complexity index is 736. The first-order chi connectivity index (χ1) is 11.2. The van der Waals surface area contributed by atoms with E-state index in [4.69, 9.17) is 0 Å². The van der Waals surface area contributed by atoms with Crippen molar-refractivity contribution in [2.24, 2.45) is 11.8 Å². The number of fused-ring (bicyclic) bond motifs is 1. The smallest absolute Gasteiger partial charge is 0.195 e. The molecule has 0 amide bonds. The Balaban J connectivity index is 0.00000182. The van der Waals surface area contributed by atoms with Gasteiger partial charge in [-0.05, 0) is 31.1 Å². The van der Waals surface area contributed by atoms with Gasteiger partial charge in [-0.15, -0.1) is 0 Å². The number of nitrogens with one attached hydrogen (secondary N) is 1. The summed E-state index contributed by atoms with van der Waals surface area (Å²) in [6, 6.07) is 8.78. The zero-order valence-electron chi connectivity index (χ0n) is 13.5. The van der Waals surface area contributed by atoms with Crippen LogP contribution in [0.5, 0.6) is 0 Å². The molecular weight excluding hydrogens is 430 g/mol. The van der Waals surface area contributed by atoms with Gasteiger partial charge in [0.15, 0.2) is 0 Å². The molecule has 1 spiro atoms. The summed E-state index contributed by atoms with van der Waals surface area (Å²) in [5, 5.41) is 0. The minimum absolute atomic E-state index is 0. The van der Waals surface area contributed by atoms with E-state index in [1.807, 2.05) is 18.2 Å². The summed E-state index contributed by atoms with van der Waals surface area (Å²) < 4.78 is 66.2. The molecule has 1 aromatic rings. The number of hydrogen-bond donors (Lipinski definition) is 1. The quantitative estimate of drug-likeness (QED) is 0.669. The molecular formula is C16H18F3N2O2SY-. The van der Waals surface area contributed by atoms with Crippen molar-refractivity contribution in [1.29, 1.82) is 0 Å². The molecule has 0 aromatic heterocycles. The van der Waals surface area contributed by atoms with Crippen molar-refractivity contribution >= 4 is 10.2 Å². The molecule has 1 heterocycles. The van der Waals surface area contributed by atoms with Crippen LogP contribution in [-0.4, -0.2) is 37.5 Å². The van der Waals surface area contributed by atoms with Crippen LogP contribution in [0, 0.1) is 17.9 Å². The largest absolute Gasteiger partial charge is 0.402 e. The van der Waals surface area contributed by atoms with Crippen LogP contribution in [-0.2, 0) is 55.8 Å². The second-order valence-electron chi connectivity index (χ2n) is 7.10. The minimum Gasteiger partial charge on any atom is -0.195 e. The van der Waals surface area contributed by atoms with Crippen molar-refractivity contribution in [3.05, 3.63) is 35.4 Å². The van der Waals surface area contributed by atoms with E-state index >= 15 is 0 Å². The van der Waals surface area contributed by atoms with Crippen molar-refractivity contribution < 1.29 is 54.3 Å². The van der Waals surface area contributed by atoms with Crippen LogP contribution in [0.15, 0.2) is 18.2 Å². The van der Waals surface area contributed by atoms with Gasteiger partial charge in [0.1, 0.15) is 6.54 Å². The van der Waals surface area contributed by atoms with Gasteiger partial charge >= 0.3 is 6.18 Å². The summed E-state index contributed by atoms with van der Waals surface area (Å²) in [5.41, 5.74) is 1.51. The fourth-order valence-corrected chi connectivity index (χ4v) is 6.42. The Morgan fingerprint density at radius 3 is 2.52 bits per heavy atom. The third-order valence-corrected chi connectivity index (χ3v) is 7.33. The average Bonchev–Trinajstić information content (AvgIpc) is 2.83. The van der Waals surface area contributed by atoms with E-state index < -0.39 is 28.5 Å². The SMILES string of the molecule is O=S1(=O)N[C@@]2(CN1CC(F)(F)F)[C@@H]1CC[C@H]2Cc2cc[c-]cc2C1.[Y]. The van der Waals surface area contributed by atoms with Crippen molar-refractivity contribution in [3.8, 4) is 0 Å². The third-order valence-electron chi connectivity index (χ3n) is 5.76. The summed E-state index contributed by atoms with van der Waals surface area (Å²) in [6.45, 7) is -1.52. The molecule has 9 heteroatoms. The summed E-state index contributed by atoms with van der Waals surface area (Å²) in [6.07, 6.45) is -1.48. The van der Waals surface area contributed by atoms with E-state index in [0.29, 0.717) is 17.1 Å². The zero-order valence-corrected chi connectivity index (χ0v) is 17.2. The number of hydrogen-bond acceptors (Lipinski definition) is 2. The van der Waals surface area contributed by atoms with Crippen molar-refractivity contribution in [3.63, 3.8) is 0 Å². The molecule has 1 radical (unpaired) electrons. The Kier molecular flexibility index (Phi) is 5.17. The molecule has 2 aliphatic carbocycles. The second kappa shape index (κ2) is 6.55. The first-order valence-electron chi connectivity index (χ1n) is 8.03. The van der Waals surface area contributed by atoms with Gasteiger partial charge in [0, 0.05) is 39.3 Å². The molecule has 1 N–H and O–H groups in total. The number of nitrogens with zero attached hydrogens (tertiary/aromatic N) is 1. The number of halogens is 3. The van der Waals surface area contributed by atoms with Crippen molar-refractivity contribution in [2.75, 3.05) is 13.1 Å². The Morgan fingerprint density at radius 2 is 1.88 bits per heavy atom. The summed E-state index contributed by atoms with van der Waals surface area (Å²) >= 11 is 0. The first kappa shape index (κ1) is 19.7. The normalized spacial score (nSPS) is 33.7. The van der Waals surface area contributed by atoms with Gasteiger partial charge in [0.05, 0.1) is 5.54 Å². The Hall–Kier alpha value is -0.0161. The molecule has 135 valence electrons. The van der Waals surface area contributed by atoms with E-state index in [2.05, 4.69) is 10.8 Å². The van der Waals surface area contributed by atoms with Gasteiger partial charge in [0.2, 0.25) is 0 Å². The van der Waals surface area contributed by atoms with Gasteiger partial charge in [-0.3, -0.25) is 0 Å². The van der Waals surface area contributed by atoms with Gasteiger partial charge in [0.25, 0.3) is 10.2 Å². The van der Waals surface area contributed by atoms with Crippen LogP contribution in [0.4, 0.5) is 13.2 Å². The van der Waals surface area contributed by atoms with Crippen LogP contribution in [0.3, 0.4) is 0 Å². The van der Waals surface area contributed by atoms with E-state index in [1.54, 1.807) is 0 Å². The average molecular weight is 448 g/mol. The topological polar surface area (TPSA) is 49.4 Å². The van der Waals surface area contributed by atoms with Crippen LogP contribution < -0.4 is 4.72 Å². The van der Waals surface area contributed by atoms with Crippen molar-refractivity contribution in [1.82, 2.24) is 9.03 Å². The molecule has 4 rings (SSSR count). The molecule has 3 atom stereocenters. The number of benzene rings is 1. The third kappa shape index (κ3) is 3.45. The Morgan fingerprint density at radius 1 is 1.24 bits per heavy atom. The fourth-order valence-electron chi connectivity index (χ4n) is 4.72. The van der Waals surface area contributed by atoms with E-state index in [0.717, 1.165) is 24.0 Å². The maximum absolute atomic E-state index is 12.8. The molecule has 0 unspecified atom stereocenters. The van der Waals surface area contributed by atoms with E-state index in [-0.39, 0.29) is 51.1 Å². The number of alkyl halides is 3. The van der Waals surface area contributed by atoms with Gasteiger partial charge in [-0.25, -0.2) is 0 Å². The standard InChI is InChI=1S/C16H18F3N2O2S.Y/c17-16(18,19)10-21-9-15(20-24(21,22)23)13-5-6-14(15)8-12-4-2-1-3-11(12)7-13;/h1,3-4,13-14,20H,5-10H2;/q-1;/t13-,14+,15+;/m0./s1. The molecule has 1 saturated heterocycles. The minimum atomic E-state index is -4.54. The zero-order chi connectivity index (χ0) is 17.2.